The molecule has 1 aromatic carbocycles. The van der Waals surface area contributed by atoms with Gasteiger partial charge < -0.3 is 10.6 Å². The van der Waals surface area contributed by atoms with Crippen molar-refractivity contribution in [1.29, 1.82) is 0 Å². The summed E-state index contributed by atoms with van der Waals surface area (Å²) in [6.07, 6.45) is 0.00577. The molecule has 3 N–H and O–H groups in total. The Balaban J connectivity index is 1.47. The SMILES string of the molecule is O=C1C/C(=C\c2cnn3c(NC4CC4)nc(NCc4ccc(F)c(C(F)(F)F)c4)nc23)C(=O)N1. The van der Waals surface area contributed by atoms with E-state index in [0.717, 1.165) is 25.0 Å². The first kappa shape index (κ1) is 21.8. The van der Waals surface area contributed by atoms with Gasteiger partial charge in [-0.05, 0) is 36.6 Å². The molecule has 0 unspecified atom stereocenters. The molecule has 2 amide bonds. The van der Waals surface area contributed by atoms with Gasteiger partial charge in [-0.25, -0.2) is 4.39 Å². The molecule has 5 rings (SSSR count). The van der Waals surface area contributed by atoms with Gasteiger partial charge in [0.25, 0.3) is 5.91 Å². The van der Waals surface area contributed by atoms with Gasteiger partial charge in [-0.1, -0.05) is 6.07 Å². The van der Waals surface area contributed by atoms with E-state index in [9.17, 15) is 27.2 Å². The van der Waals surface area contributed by atoms with Gasteiger partial charge in [0.1, 0.15) is 5.82 Å². The fourth-order valence-corrected chi connectivity index (χ4v) is 3.47. The van der Waals surface area contributed by atoms with Crippen LogP contribution in [0.2, 0.25) is 0 Å². The number of amides is 2. The van der Waals surface area contributed by atoms with E-state index in [1.54, 1.807) is 0 Å². The quantitative estimate of drug-likeness (QED) is 0.285. The fraction of sp³-hybridized carbons (Fsp3) is 0.286. The van der Waals surface area contributed by atoms with Crippen LogP contribution in [0.15, 0.2) is 30.0 Å². The second-order valence-corrected chi connectivity index (χ2v) is 8.01. The Morgan fingerprint density at radius 2 is 2.00 bits per heavy atom. The van der Waals surface area contributed by atoms with Gasteiger partial charge in [0.15, 0.2) is 5.65 Å². The maximum absolute atomic E-state index is 13.6. The lowest BCUT2D eigenvalue weighted by Crippen LogP contribution is -2.19. The zero-order valence-corrected chi connectivity index (χ0v) is 17.4. The number of carbonyl (C=O) groups is 2. The van der Waals surface area contributed by atoms with Crippen LogP contribution in [-0.2, 0) is 22.3 Å². The van der Waals surface area contributed by atoms with Gasteiger partial charge in [0.2, 0.25) is 17.8 Å². The number of halogens is 4. The lowest BCUT2D eigenvalue weighted by atomic mass is 10.1. The van der Waals surface area contributed by atoms with Gasteiger partial charge >= 0.3 is 6.18 Å². The Morgan fingerprint density at radius 1 is 1.21 bits per heavy atom. The second kappa shape index (κ2) is 8.08. The van der Waals surface area contributed by atoms with E-state index in [2.05, 4.69) is 31.0 Å². The summed E-state index contributed by atoms with van der Waals surface area (Å²) in [5, 5.41) is 12.5. The van der Waals surface area contributed by atoms with E-state index in [-0.39, 0.29) is 36.1 Å². The Kier molecular flexibility index (Phi) is 5.18. The van der Waals surface area contributed by atoms with Crippen LogP contribution in [0.1, 0.15) is 36.0 Å². The molecule has 2 aliphatic rings. The summed E-state index contributed by atoms with van der Waals surface area (Å²) in [5.41, 5.74) is -0.115. The number of carbonyl (C=O) groups excluding carboxylic acids is 2. The van der Waals surface area contributed by atoms with Crippen LogP contribution in [0.3, 0.4) is 0 Å². The first-order valence-corrected chi connectivity index (χ1v) is 10.3. The first-order valence-electron chi connectivity index (χ1n) is 10.3. The molecule has 2 fully saturated rings. The monoisotopic (exact) mass is 475 g/mol. The van der Waals surface area contributed by atoms with E-state index in [1.807, 2.05) is 0 Å². The number of alkyl halides is 3. The maximum atomic E-state index is 13.6. The number of nitrogens with one attached hydrogen (secondary N) is 3. The van der Waals surface area contributed by atoms with Crippen molar-refractivity contribution in [3.05, 3.63) is 52.5 Å². The average molecular weight is 475 g/mol. The zero-order valence-electron chi connectivity index (χ0n) is 17.4. The number of aromatic nitrogens is 4. The summed E-state index contributed by atoms with van der Waals surface area (Å²) >= 11 is 0. The van der Waals surface area contributed by atoms with Gasteiger partial charge in [-0.3, -0.25) is 14.9 Å². The summed E-state index contributed by atoms with van der Waals surface area (Å²) in [6.45, 7) is -0.0934. The molecule has 9 nitrogen and oxygen atoms in total. The molecule has 0 bridgehead atoms. The van der Waals surface area contributed by atoms with Crippen LogP contribution in [0.25, 0.3) is 11.7 Å². The van der Waals surface area contributed by atoms with Crippen molar-refractivity contribution in [2.75, 3.05) is 10.6 Å². The predicted molar refractivity (Wildman–Crippen MR) is 112 cm³/mol. The summed E-state index contributed by atoms with van der Waals surface area (Å²) in [7, 11) is 0. The Bertz CT molecular complexity index is 1340. The topological polar surface area (TPSA) is 113 Å². The van der Waals surface area contributed by atoms with Crippen molar-refractivity contribution in [1.82, 2.24) is 24.9 Å². The second-order valence-electron chi connectivity index (χ2n) is 8.01. The standard InChI is InChI=1S/C21H17F4N7O2/c22-15-4-1-10(5-14(15)21(23,24)25)8-26-19-30-17-12(6-11-7-16(33)29-18(11)34)9-27-32(17)20(31-19)28-13-2-3-13/h1,4-6,9,13H,2-3,7-8H2,(H,29,33,34)(H2,26,28,30,31)/b11-6+. The summed E-state index contributed by atoms with van der Waals surface area (Å²) in [4.78, 5) is 32.2. The maximum Gasteiger partial charge on any atom is 0.419 e. The van der Waals surface area contributed by atoms with Gasteiger partial charge in [0.05, 0.1) is 18.2 Å². The molecule has 34 heavy (non-hydrogen) atoms. The molecule has 0 atom stereocenters. The molecular formula is C21H17F4N7O2. The number of rotatable bonds is 6. The number of imide groups is 1. The highest BCUT2D eigenvalue weighted by molar-refractivity contribution is 6.15. The zero-order chi connectivity index (χ0) is 24.0. The van der Waals surface area contributed by atoms with E-state index in [0.29, 0.717) is 17.2 Å². The van der Waals surface area contributed by atoms with Crippen LogP contribution in [0.4, 0.5) is 29.5 Å². The van der Waals surface area contributed by atoms with E-state index < -0.39 is 29.4 Å². The fourth-order valence-electron chi connectivity index (χ4n) is 3.47. The summed E-state index contributed by atoms with van der Waals surface area (Å²) in [5.74, 6) is -1.79. The van der Waals surface area contributed by atoms with E-state index >= 15 is 0 Å². The average Bonchev–Trinajstić information content (AvgIpc) is 3.40. The molecular weight excluding hydrogens is 458 g/mol. The number of nitrogens with zero attached hydrogens (tertiary/aromatic N) is 4. The number of fused-ring (bicyclic) bond motifs is 1. The van der Waals surface area contributed by atoms with Crippen LogP contribution in [-0.4, -0.2) is 37.4 Å². The Morgan fingerprint density at radius 3 is 2.68 bits per heavy atom. The molecule has 3 aromatic rings. The van der Waals surface area contributed by atoms with Crippen molar-refractivity contribution < 1.29 is 27.2 Å². The molecule has 13 heteroatoms. The van der Waals surface area contributed by atoms with Crippen molar-refractivity contribution in [2.24, 2.45) is 0 Å². The lowest BCUT2D eigenvalue weighted by Gasteiger charge is -2.12. The highest BCUT2D eigenvalue weighted by Gasteiger charge is 2.34. The van der Waals surface area contributed by atoms with Crippen LogP contribution >= 0.6 is 0 Å². The molecule has 1 aliphatic heterocycles. The van der Waals surface area contributed by atoms with Crippen molar-refractivity contribution in [3.8, 4) is 0 Å². The van der Waals surface area contributed by atoms with Crippen molar-refractivity contribution in [2.45, 2.75) is 38.0 Å². The number of benzene rings is 1. The molecule has 2 aromatic heterocycles. The Labute approximate surface area is 189 Å². The molecule has 1 saturated heterocycles. The Hall–Kier alpha value is -4.03. The van der Waals surface area contributed by atoms with Crippen LogP contribution in [0.5, 0.6) is 0 Å². The third kappa shape index (κ3) is 4.40. The normalized spacial score (nSPS) is 17.5. The minimum absolute atomic E-state index is 0.0638. The molecule has 3 heterocycles. The third-order valence-corrected chi connectivity index (χ3v) is 5.32. The molecule has 1 saturated carbocycles. The molecule has 1 aliphatic carbocycles. The number of hydrogen-bond donors (Lipinski definition) is 3. The van der Waals surface area contributed by atoms with Crippen molar-refractivity contribution in [3.63, 3.8) is 0 Å². The van der Waals surface area contributed by atoms with Gasteiger partial charge in [0, 0.05) is 23.7 Å². The minimum Gasteiger partial charge on any atom is -0.351 e. The minimum atomic E-state index is -4.81. The predicted octanol–water partition coefficient (Wildman–Crippen LogP) is 2.90. The summed E-state index contributed by atoms with van der Waals surface area (Å²) in [6, 6.07) is 2.94. The number of hydrogen-bond acceptors (Lipinski definition) is 7. The highest BCUT2D eigenvalue weighted by atomic mass is 19.4. The lowest BCUT2D eigenvalue weighted by molar-refractivity contribution is -0.140. The van der Waals surface area contributed by atoms with Gasteiger partial charge in [-0.2, -0.15) is 32.8 Å². The molecule has 176 valence electrons. The number of anilines is 2. The molecule has 0 radical (unpaired) electrons. The van der Waals surface area contributed by atoms with Crippen LogP contribution < -0.4 is 16.0 Å². The van der Waals surface area contributed by atoms with Crippen molar-refractivity contribution >= 4 is 35.4 Å². The smallest absolute Gasteiger partial charge is 0.351 e. The van der Waals surface area contributed by atoms with E-state index in [1.165, 1.54) is 22.9 Å². The molecule has 0 spiro atoms. The largest absolute Gasteiger partial charge is 0.419 e. The van der Waals surface area contributed by atoms with Gasteiger partial charge in [-0.15, -0.1) is 0 Å². The summed E-state index contributed by atoms with van der Waals surface area (Å²) < 4.78 is 54.1. The van der Waals surface area contributed by atoms with E-state index in [4.69, 9.17) is 0 Å². The first-order chi connectivity index (χ1) is 16.2. The highest BCUT2D eigenvalue weighted by Crippen LogP contribution is 2.32. The third-order valence-electron chi connectivity index (χ3n) is 5.32. The van der Waals surface area contributed by atoms with Crippen LogP contribution in [0, 0.1) is 5.82 Å².